The van der Waals surface area contributed by atoms with Crippen LogP contribution in [0.3, 0.4) is 0 Å². The third kappa shape index (κ3) is 15.7. The predicted molar refractivity (Wildman–Crippen MR) is 365 cm³/mol. The van der Waals surface area contributed by atoms with Gasteiger partial charge in [0, 0.05) is 49.1 Å². The molecule has 1 amide bonds. The first-order valence-electron chi connectivity index (χ1n) is 31.9. The first-order chi connectivity index (χ1) is 44.5. The fraction of sp³-hybridized carbons (Fsp3) is 0.365. The van der Waals surface area contributed by atoms with Crippen molar-refractivity contribution < 1.29 is 38.1 Å². The Hall–Kier alpha value is -9.95. The van der Waals surface area contributed by atoms with Crippen LogP contribution in [-0.2, 0) is 38.6 Å². The number of hydrogen-bond donors (Lipinski definition) is 2. The van der Waals surface area contributed by atoms with Gasteiger partial charge in [-0.25, -0.2) is 33.6 Å². The number of likely N-dealkylation sites (tertiary alicyclic amines) is 1. The molecule has 6 heterocycles. The predicted octanol–water partition coefficient (Wildman–Crippen LogP) is 13.7. The molecule has 6 aromatic carbocycles. The Morgan fingerprint density at radius 3 is 1.44 bits per heavy atom. The molecule has 2 aliphatic rings. The SMILES string of the molecule is CC(C)(C)OC(=O)N1CCC(c2cccc3c2n(C(=O)OC(C)(C)C)c(=O)n3Cc2ccccc2)C1.CC(C)(C)OC(=O)n1ccc(-c2cccc3c2n(C(=O)OC(C)(C)C)c(=O)n3Cc2ccccc2)c1.O=c1[nH]c2c(C3CCNC3)cccc2n1Cc1ccccc1. The van der Waals surface area contributed by atoms with Gasteiger partial charge in [0.1, 0.15) is 22.4 Å². The molecule has 2 aliphatic heterocycles. The lowest BCUT2D eigenvalue weighted by Crippen LogP contribution is -2.35. The molecule has 0 saturated carbocycles. The Balaban J connectivity index is 0.000000158. The minimum Gasteiger partial charge on any atom is -0.444 e. The standard InChI is InChI=1S/C28H35N3O5.C28H31N3O5.C18H19N3O/c2*1-27(2,3)35-25(33)29-16-15-20(18-29)21-13-10-14-22-23(21)31(26(34)36-28(4,5)6)24(32)30(22)17-19-11-8-7-9-12-19;22-18-20-17-15(14-9-10-19-11-14)7-4-8-16(17)21(18)12-13-5-2-1-3-6-13/h7-14,20H,15-18H2,1-6H3;7-16,18H,17H2,1-6H3;1-8,14,19H,9-12H2,(H,20,22). The number of rotatable bonds is 9. The summed E-state index contributed by atoms with van der Waals surface area (Å²) in [6.45, 7) is 25.7. The normalized spacial score (nSPS) is 15.1. The van der Waals surface area contributed by atoms with E-state index in [4.69, 9.17) is 18.9 Å². The van der Waals surface area contributed by atoms with Crippen LogP contribution in [0.25, 0.3) is 44.2 Å². The van der Waals surface area contributed by atoms with Crippen molar-refractivity contribution in [1.82, 2.24) is 42.6 Å². The van der Waals surface area contributed by atoms with Gasteiger partial charge in [-0.05, 0) is 160 Å². The van der Waals surface area contributed by atoms with Crippen LogP contribution in [0.15, 0.2) is 178 Å². The molecular formula is C74H85N9O11. The van der Waals surface area contributed by atoms with Gasteiger partial charge in [0.05, 0.1) is 52.7 Å². The number of para-hydroxylation sites is 3. The zero-order valence-corrected chi connectivity index (χ0v) is 55.7. The van der Waals surface area contributed by atoms with E-state index in [1.54, 1.807) is 101 Å². The van der Waals surface area contributed by atoms with Gasteiger partial charge in [-0.3, -0.25) is 18.3 Å². The van der Waals surface area contributed by atoms with Crippen molar-refractivity contribution >= 4 is 57.5 Å². The summed E-state index contributed by atoms with van der Waals surface area (Å²) in [5.41, 5.74) is 6.79. The molecule has 2 saturated heterocycles. The summed E-state index contributed by atoms with van der Waals surface area (Å²) in [4.78, 5) is 96.2. The maximum atomic E-state index is 13.7. The second kappa shape index (κ2) is 27.3. The number of amides is 1. The van der Waals surface area contributed by atoms with Crippen LogP contribution in [0.2, 0.25) is 0 Å². The number of aromatic amines is 1. The molecule has 0 bridgehead atoms. The zero-order chi connectivity index (χ0) is 67.4. The third-order valence-corrected chi connectivity index (χ3v) is 15.9. The molecule has 0 radical (unpaired) electrons. The lowest BCUT2D eigenvalue weighted by atomic mass is 9.97. The van der Waals surface area contributed by atoms with E-state index in [0.29, 0.717) is 71.7 Å². The Labute approximate surface area is 546 Å². The Bertz CT molecular complexity index is 4550. The Kier molecular flexibility index (Phi) is 19.5. The summed E-state index contributed by atoms with van der Waals surface area (Å²) in [5.74, 6) is 0.439. The van der Waals surface area contributed by atoms with Gasteiger partial charge < -0.3 is 34.1 Å². The lowest BCUT2D eigenvalue weighted by molar-refractivity contribution is 0.0291. The van der Waals surface area contributed by atoms with Crippen molar-refractivity contribution in [3.05, 3.63) is 223 Å². The zero-order valence-electron chi connectivity index (χ0n) is 55.7. The minimum atomic E-state index is -0.792. The van der Waals surface area contributed by atoms with E-state index in [1.807, 2.05) is 141 Å². The quantitative estimate of drug-likeness (QED) is 0.129. The van der Waals surface area contributed by atoms with Gasteiger partial charge in [0.25, 0.3) is 0 Å². The molecule has 2 fully saturated rings. The van der Waals surface area contributed by atoms with Gasteiger partial charge >= 0.3 is 41.4 Å². The van der Waals surface area contributed by atoms with Gasteiger partial charge in [0.15, 0.2) is 0 Å². The summed E-state index contributed by atoms with van der Waals surface area (Å²) in [5, 5.41) is 3.40. The number of imidazole rings is 3. The molecule has 10 aromatic rings. The van der Waals surface area contributed by atoms with Crippen molar-refractivity contribution in [3.63, 3.8) is 0 Å². The van der Waals surface area contributed by atoms with Gasteiger partial charge in [0.2, 0.25) is 0 Å². The Morgan fingerprint density at radius 2 is 0.926 bits per heavy atom. The van der Waals surface area contributed by atoms with Crippen LogP contribution in [0.5, 0.6) is 0 Å². The van der Waals surface area contributed by atoms with E-state index in [9.17, 15) is 33.6 Å². The molecule has 2 atom stereocenters. The molecule has 20 heteroatoms. The van der Waals surface area contributed by atoms with E-state index < -0.39 is 52.1 Å². The summed E-state index contributed by atoms with van der Waals surface area (Å²) >= 11 is 0. The van der Waals surface area contributed by atoms with Gasteiger partial charge in [-0.1, -0.05) is 127 Å². The summed E-state index contributed by atoms with van der Waals surface area (Å²) < 4.78 is 30.8. The second-order valence-corrected chi connectivity index (χ2v) is 27.9. The van der Waals surface area contributed by atoms with Crippen LogP contribution in [0.4, 0.5) is 19.2 Å². The van der Waals surface area contributed by atoms with Crippen molar-refractivity contribution in [1.29, 1.82) is 0 Å². The molecular weight excluding hydrogens is 1190 g/mol. The maximum Gasteiger partial charge on any atom is 0.423 e. The summed E-state index contributed by atoms with van der Waals surface area (Å²) in [6, 6.07) is 48.4. The number of ether oxygens (including phenoxy) is 4. The van der Waals surface area contributed by atoms with Crippen LogP contribution in [-0.4, -0.2) is 110 Å². The van der Waals surface area contributed by atoms with Gasteiger partial charge in [-0.15, -0.1) is 0 Å². The fourth-order valence-corrected chi connectivity index (χ4v) is 11.9. The number of benzene rings is 6. The highest BCUT2D eigenvalue weighted by Crippen LogP contribution is 2.35. The number of carbonyl (C=O) groups excluding carboxylic acids is 4. The number of fused-ring (bicyclic) bond motifs is 3. The molecule has 0 spiro atoms. The third-order valence-electron chi connectivity index (χ3n) is 15.9. The molecule has 0 aliphatic carbocycles. The van der Waals surface area contributed by atoms with E-state index >= 15 is 0 Å². The smallest absolute Gasteiger partial charge is 0.423 e. The van der Waals surface area contributed by atoms with E-state index in [0.717, 1.165) is 61.9 Å². The second-order valence-electron chi connectivity index (χ2n) is 27.9. The van der Waals surface area contributed by atoms with E-state index in [1.165, 1.54) is 10.1 Å². The van der Waals surface area contributed by atoms with Crippen LogP contribution in [0.1, 0.15) is 136 Å². The number of carbonyl (C=O) groups is 4. The molecule has 2 N–H and O–H groups in total. The summed E-state index contributed by atoms with van der Waals surface area (Å²) in [6.07, 6.45) is 2.70. The molecule has 4 aromatic heterocycles. The maximum absolute atomic E-state index is 13.7. The van der Waals surface area contributed by atoms with Crippen LogP contribution >= 0.6 is 0 Å². The topological polar surface area (TPSA) is 217 Å². The van der Waals surface area contributed by atoms with E-state index in [-0.39, 0.29) is 24.2 Å². The molecule has 20 nitrogen and oxygen atoms in total. The van der Waals surface area contributed by atoms with Crippen molar-refractivity contribution in [2.24, 2.45) is 0 Å². The van der Waals surface area contributed by atoms with Gasteiger partial charge in [-0.2, -0.15) is 9.13 Å². The summed E-state index contributed by atoms with van der Waals surface area (Å²) in [7, 11) is 0. The van der Waals surface area contributed by atoms with Crippen molar-refractivity contribution in [2.45, 2.75) is 150 Å². The highest BCUT2D eigenvalue weighted by atomic mass is 16.6. The number of hydrogen-bond acceptors (Lipinski definition) is 12. The van der Waals surface area contributed by atoms with Crippen LogP contribution in [0, 0.1) is 0 Å². The first-order valence-corrected chi connectivity index (χ1v) is 31.9. The number of nitrogens with zero attached hydrogens (tertiary/aromatic N) is 7. The number of aromatic nitrogens is 7. The fourth-order valence-electron chi connectivity index (χ4n) is 11.9. The van der Waals surface area contributed by atoms with Crippen molar-refractivity contribution in [2.75, 3.05) is 26.2 Å². The highest BCUT2D eigenvalue weighted by molar-refractivity contribution is 5.98. The number of H-pyrrole nitrogens is 1. The molecule has 12 rings (SSSR count). The highest BCUT2D eigenvalue weighted by Gasteiger charge is 2.35. The van der Waals surface area contributed by atoms with Crippen LogP contribution < -0.4 is 22.4 Å². The average Bonchev–Trinajstić information content (AvgIpc) is 1.60. The first kappa shape index (κ1) is 67.0. The number of nitrogens with one attached hydrogen (secondary N) is 2. The molecule has 2 unspecified atom stereocenters. The molecule has 94 heavy (non-hydrogen) atoms. The monoisotopic (exact) mass is 1280 g/mol. The van der Waals surface area contributed by atoms with Crippen molar-refractivity contribution in [3.8, 4) is 11.1 Å². The lowest BCUT2D eigenvalue weighted by Gasteiger charge is -2.24. The minimum absolute atomic E-state index is 0.0303. The largest absolute Gasteiger partial charge is 0.444 e. The average molecular weight is 1280 g/mol. The molecule has 492 valence electrons. The Morgan fingerprint density at radius 1 is 0.468 bits per heavy atom. The van der Waals surface area contributed by atoms with E-state index in [2.05, 4.69) is 34.6 Å².